The largest absolute Gasteiger partial charge is 0.0989 e. The van der Waals surface area contributed by atoms with Crippen molar-refractivity contribution in [1.82, 2.24) is 0 Å². The van der Waals surface area contributed by atoms with Gasteiger partial charge in [-0.3, -0.25) is 0 Å². The Morgan fingerprint density at radius 2 is 1.78 bits per heavy atom. The molecule has 0 fully saturated rings. The van der Waals surface area contributed by atoms with Crippen LogP contribution in [0, 0.1) is 0 Å². The summed E-state index contributed by atoms with van der Waals surface area (Å²) in [7, 11) is 18.7. The van der Waals surface area contributed by atoms with Crippen LogP contribution in [0.25, 0.3) is 0 Å². The summed E-state index contributed by atoms with van der Waals surface area (Å²) in [5, 5.41) is -1.18. The highest BCUT2D eigenvalue weighted by atomic mass is 14.2. The Kier molecular flexibility index (Phi) is 5.19. The lowest BCUT2D eigenvalue weighted by Crippen LogP contribution is -2.30. The van der Waals surface area contributed by atoms with E-state index in [1.54, 1.807) is 0 Å². The van der Waals surface area contributed by atoms with Gasteiger partial charge < -0.3 is 0 Å². The number of benzene rings is 1. The molecular weight excluding hydrogens is 213 g/mol. The molecule has 18 heavy (non-hydrogen) atoms. The van der Waals surface area contributed by atoms with Crippen LogP contribution in [-0.4, -0.2) is 23.5 Å². The zero-order valence-corrected chi connectivity index (χ0v) is 11.9. The van der Waals surface area contributed by atoms with Crippen molar-refractivity contribution in [2.45, 2.75) is 57.0 Å². The molecule has 0 nitrogen and oxygen atoms in total. The number of aryl methyl sites for hydroxylation is 1. The monoisotopic (exact) mass is 234 g/mol. The molecular formula is C15H21B3. The zero-order valence-electron chi connectivity index (χ0n) is 11.9. The van der Waals surface area contributed by atoms with Crippen molar-refractivity contribution in [3.8, 4) is 0 Å². The molecule has 1 unspecified atom stereocenters. The van der Waals surface area contributed by atoms with Gasteiger partial charge in [-0.15, -0.1) is 0 Å². The molecule has 0 amide bonds. The Morgan fingerprint density at radius 3 is 2.33 bits per heavy atom. The third-order valence-electron chi connectivity index (χ3n) is 3.41. The van der Waals surface area contributed by atoms with Crippen LogP contribution in [0.3, 0.4) is 0 Å². The van der Waals surface area contributed by atoms with Gasteiger partial charge in [0.15, 0.2) is 0 Å². The van der Waals surface area contributed by atoms with Crippen LogP contribution in [-0.2, 0) is 11.7 Å². The first-order valence-corrected chi connectivity index (χ1v) is 6.77. The quantitative estimate of drug-likeness (QED) is 0.662. The molecule has 0 aromatic heterocycles. The zero-order chi connectivity index (χ0) is 13.8. The highest BCUT2D eigenvalue weighted by molar-refractivity contribution is 6.40. The Balaban J connectivity index is 2.91. The van der Waals surface area contributed by atoms with Crippen molar-refractivity contribution in [3.63, 3.8) is 0 Å². The van der Waals surface area contributed by atoms with E-state index in [4.69, 9.17) is 23.5 Å². The van der Waals surface area contributed by atoms with Gasteiger partial charge in [-0.25, -0.2) is 0 Å². The Hall–Kier alpha value is -0.585. The van der Waals surface area contributed by atoms with Gasteiger partial charge in [-0.2, -0.15) is 0 Å². The van der Waals surface area contributed by atoms with Crippen LogP contribution in [0.4, 0.5) is 0 Å². The highest BCUT2D eigenvalue weighted by Gasteiger charge is 2.28. The fraction of sp³-hybridized carbons (Fsp3) is 0.600. The molecule has 1 atom stereocenters. The molecule has 90 valence electrons. The van der Waals surface area contributed by atoms with Crippen molar-refractivity contribution in [2.24, 2.45) is 0 Å². The second kappa shape index (κ2) is 6.04. The molecule has 0 saturated heterocycles. The third-order valence-corrected chi connectivity index (χ3v) is 3.41. The molecule has 3 heteroatoms. The second-order valence-corrected chi connectivity index (χ2v) is 5.63. The first-order chi connectivity index (χ1) is 8.30. The summed E-state index contributed by atoms with van der Waals surface area (Å²) in [6.07, 6.45) is 3.35. The predicted octanol–water partition coefficient (Wildman–Crippen LogP) is 3.28. The average molecular weight is 234 g/mol. The lowest BCUT2D eigenvalue weighted by atomic mass is 9.44. The predicted molar refractivity (Wildman–Crippen MR) is 82.7 cm³/mol. The van der Waals surface area contributed by atoms with Crippen molar-refractivity contribution in [2.75, 3.05) is 0 Å². The first-order valence-electron chi connectivity index (χ1n) is 6.77. The molecule has 0 saturated carbocycles. The van der Waals surface area contributed by atoms with Crippen LogP contribution in [0.15, 0.2) is 24.3 Å². The molecule has 0 aliphatic carbocycles. The van der Waals surface area contributed by atoms with E-state index in [9.17, 15) is 0 Å². The van der Waals surface area contributed by atoms with E-state index in [1.165, 1.54) is 5.56 Å². The van der Waals surface area contributed by atoms with Gasteiger partial charge in [0, 0.05) is 0 Å². The van der Waals surface area contributed by atoms with E-state index in [1.807, 2.05) is 13.0 Å². The minimum Gasteiger partial charge on any atom is -0.0989 e. The molecule has 1 aromatic rings. The topological polar surface area (TPSA) is 0 Å². The fourth-order valence-corrected chi connectivity index (χ4v) is 2.49. The minimum absolute atomic E-state index is 0.482. The number of hydrogen-bond donors (Lipinski definition) is 0. The van der Waals surface area contributed by atoms with Crippen molar-refractivity contribution in [3.05, 3.63) is 35.4 Å². The fourth-order valence-electron chi connectivity index (χ4n) is 2.49. The summed E-state index contributed by atoms with van der Waals surface area (Å²) >= 11 is 0. The second-order valence-electron chi connectivity index (χ2n) is 5.63. The van der Waals surface area contributed by atoms with Crippen LogP contribution >= 0.6 is 0 Å². The minimum atomic E-state index is -0.694. The summed E-state index contributed by atoms with van der Waals surface area (Å²) in [4.78, 5) is 0. The molecule has 0 aliphatic heterocycles. The SMILES string of the molecule is [B]C([B])(CCC)CC([B])(C)c1cccc(CC)c1. The van der Waals surface area contributed by atoms with Gasteiger partial charge in [-0.05, 0) is 17.3 Å². The van der Waals surface area contributed by atoms with Crippen LogP contribution in [0.5, 0.6) is 0 Å². The standard InChI is InChI=1S/C15H21B3/c1-4-9-15(17,18)11-14(3,16)13-8-6-7-12(5-2)10-13/h6-8,10H,4-5,9,11H2,1-3H3. The molecule has 6 radical (unpaired) electrons. The van der Waals surface area contributed by atoms with Gasteiger partial charge >= 0.3 is 0 Å². The summed E-state index contributed by atoms with van der Waals surface area (Å²) in [5.41, 5.74) is 2.40. The van der Waals surface area contributed by atoms with E-state index >= 15 is 0 Å². The van der Waals surface area contributed by atoms with Crippen LogP contribution in [0.1, 0.15) is 51.2 Å². The Bertz CT molecular complexity index is 383. The summed E-state index contributed by atoms with van der Waals surface area (Å²) in [6.45, 7) is 6.23. The van der Waals surface area contributed by atoms with Crippen molar-refractivity contribution in [1.29, 1.82) is 0 Å². The molecule has 1 aromatic carbocycles. The van der Waals surface area contributed by atoms with E-state index in [2.05, 4.69) is 32.0 Å². The maximum atomic E-state index is 6.42. The van der Waals surface area contributed by atoms with Gasteiger partial charge in [0.1, 0.15) is 0 Å². The Morgan fingerprint density at radius 1 is 1.11 bits per heavy atom. The van der Waals surface area contributed by atoms with Crippen LogP contribution in [0.2, 0.25) is 5.21 Å². The smallest absolute Gasteiger partial charge is 0.0806 e. The lowest BCUT2D eigenvalue weighted by Gasteiger charge is -2.37. The van der Waals surface area contributed by atoms with Gasteiger partial charge in [0.25, 0.3) is 0 Å². The maximum Gasteiger partial charge on any atom is 0.0806 e. The van der Waals surface area contributed by atoms with Crippen LogP contribution < -0.4 is 0 Å². The van der Waals surface area contributed by atoms with Crippen molar-refractivity contribution >= 4 is 23.5 Å². The van der Waals surface area contributed by atoms with Crippen molar-refractivity contribution < 1.29 is 0 Å². The van der Waals surface area contributed by atoms with Gasteiger partial charge in [0.05, 0.1) is 23.5 Å². The molecule has 0 heterocycles. The summed E-state index contributed by atoms with van der Waals surface area (Å²) in [5.74, 6) is 0. The lowest BCUT2D eigenvalue weighted by molar-refractivity contribution is 0.512. The van der Waals surface area contributed by atoms with E-state index in [0.717, 1.165) is 24.8 Å². The van der Waals surface area contributed by atoms with E-state index < -0.39 is 10.5 Å². The number of hydrogen-bond acceptors (Lipinski definition) is 0. The third kappa shape index (κ3) is 4.26. The molecule has 0 aliphatic rings. The summed E-state index contributed by atoms with van der Waals surface area (Å²) < 4.78 is 0. The summed E-state index contributed by atoms with van der Waals surface area (Å²) in [6, 6.07) is 8.38. The molecule has 0 N–H and O–H groups in total. The molecule has 1 rings (SSSR count). The van der Waals surface area contributed by atoms with E-state index in [-0.39, 0.29) is 0 Å². The average Bonchev–Trinajstić information content (AvgIpc) is 2.27. The van der Waals surface area contributed by atoms with E-state index in [0.29, 0.717) is 6.42 Å². The highest BCUT2D eigenvalue weighted by Crippen LogP contribution is 2.38. The number of rotatable bonds is 6. The molecule has 0 spiro atoms. The van der Waals surface area contributed by atoms with Gasteiger partial charge in [0.2, 0.25) is 0 Å². The molecule has 0 bridgehead atoms. The normalized spacial score (nSPS) is 15.3. The Labute approximate surface area is 116 Å². The van der Waals surface area contributed by atoms with Gasteiger partial charge in [-0.1, -0.05) is 75.1 Å². The maximum absolute atomic E-state index is 6.42. The first kappa shape index (κ1) is 15.5.